The lowest BCUT2D eigenvalue weighted by Crippen LogP contribution is -2.40. The van der Waals surface area contributed by atoms with Crippen molar-refractivity contribution in [2.75, 3.05) is 41.0 Å². The van der Waals surface area contributed by atoms with E-state index in [-0.39, 0.29) is 6.04 Å². The van der Waals surface area contributed by atoms with Crippen LogP contribution in [0.15, 0.2) is 12.1 Å². The highest BCUT2D eigenvalue weighted by atomic mass is 16.5. The van der Waals surface area contributed by atoms with Crippen molar-refractivity contribution in [2.24, 2.45) is 11.7 Å². The second kappa shape index (κ2) is 7.70. The monoisotopic (exact) mass is 308 g/mol. The number of rotatable bonds is 6. The molecule has 5 heteroatoms. The molecule has 124 valence electrons. The molecule has 1 fully saturated rings. The van der Waals surface area contributed by atoms with Gasteiger partial charge in [0.2, 0.25) is 0 Å². The maximum absolute atomic E-state index is 6.11. The second-order valence-corrected chi connectivity index (χ2v) is 5.94. The largest absolute Gasteiger partial charge is 0.496 e. The van der Waals surface area contributed by atoms with Crippen molar-refractivity contribution in [1.29, 1.82) is 0 Å². The predicted octanol–water partition coefficient (Wildman–Crippen LogP) is 2.44. The van der Waals surface area contributed by atoms with Crippen LogP contribution < -0.4 is 19.9 Å². The molecule has 0 amide bonds. The predicted molar refractivity (Wildman–Crippen MR) is 87.9 cm³/mol. The van der Waals surface area contributed by atoms with Crippen LogP contribution in [0, 0.1) is 5.92 Å². The average Bonchev–Trinajstić information content (AvgIpc) is 2.55. The van der Waals surface area contributed by atoms with Gasteiger partial charge in [-0.25, -0.2) is 0 Å². The Morgan fingerprint density at radius 3 is 2.27 bits per heavy atom. The van der Waals surface area contributed by atoms with Crippen LogP contribution in [0.1, 0.15) is 31.4 Å². The lowest BCUT2D eigenvalue weighted by atomic mass is 9.95. The van der Waals surface area contributed by atoms with E-state index < -0.39 is 0 Å². The molecule has 1 aliphatic heterocycles. The fourth-order valence-electron chi connectivity index (χ4n) is 3.32. The smallest absolute Gasteiger partial charge is 0.131 e. The molecule has 1 heterocycles. The van der Waals surface area contributed by atoms with E-state index in [1.165, 1.54) is 12.8 Å². The zero-order valence-corrected chi connectivity index (χ0v) is 14.1. The van der Waals surface area contributed by atoms with E-state index in [0.29, 0.717) is 12.5 Å². The van der Waals surface area contributed by atoms with Gasteiger partial charge >= 0.3 is 0 Å². The lowest BCUT2D eigenvalue weighted by Gasteiger charge is -2.38. The number of methoxy groups -OCH3 is 3. The first-order valence-electron chi connectivity index (χ1n) is 7.88. The Morgan fingerprint density at radius 2 is 1.82 bits per heavy atom. The molecule has 22 heavy (non-hydrogen) atoms. The molecule has 0 saturated carbocycles. The first kappa shape index (κ1) is 16.9. The van der Waals surface area contributed by atoms with Crippen molar-refractivity contribution in [3.05, 3.63) is 17.7 Å². The number of hydrogen-bond acceptors (Lipinski definition) is 5. The molecule has 2 N–H and O–H groups in total. The summed E-state index contributed by atoms with van der Waals surface area (Å²) in [5, 5.41) is 0. The van der Waals surface area contributed by atoms with Crippen LogP contribution in [0.25, 0.3) is 0 Å². The Bertz CT molecular complexity index is 468. The minimum Gasteiger partial charge on any atom is -0.496 e. The normalized spacial score (nSPS) is 20.5. The van der Waals surface area contributed by atoms with Gasteiger partial charge in [0, 0.05) is 25.2 Å². The summed E-state index contributed by atoms with van der Waals surface area (Å²) in [6.07, 6.45) is 2.49. The molecule has 0 bridgehead atoms. The third-order valence-electron chi connectivity index (χ3n) is 4.44. The minimum absolute atomic E-state index is 0.0959. The van der Waals surface area contributed by atoms with E-state index in [1.54, 1.807) is 21.3 Å². The van der Waals surface area contributed by atoms with Crippen molar-refractivity contribution < 1.29 is 14.2 Å². The van der Waals surface area contributed by atoms with E-state index in [0.717, 1.165) is 35.9 Å². The van der Waals surface area contributed by atoms with E-state index in [2.05, 4.69) is 11.8 Å². The number of nitrogens with two attached hydrogens (primary N) is 1. The molecule has 0 spiro atoms. The number of likely N-dealkylation sites (tertiary alicyclic amines) is 1. The van der Waals surface area contributed by atoms with Crippen molar-refractivity contribution in [2.45, 2.75) is 25.8 Å². The van der Waals surface area contributed by atoms with Gasteiger partial charge in [0.25, 0.3) is 0 Å². The van der Waals surface area contributed by atoms with E-state index >= 15 is 0 Å². The van der Waals surface area contributed by atoms with Crippen molar-refractivity contribution in [3.63, 3.8) is 0 Å². The zero-order valence-electron chi connectivity index (χ0n) is 14.1. The number of piperidine rings is 1. The maximum atomic E-state index is 6.11. The molecule has 2 rings (SSSR count). The fraction of sp³-hybridized carbons (Fsp3) is 0.647. The minimum atomic E-state index is 0.0959. The van der Waals surface area contributed by atoms with Gasteiger partial charge in [-0.2, -0.15) is 0 Å². The summed E-state index contributed by atoms with van der Waals surface area (Å²) in [7, 11) is 4.98. The van der Waals surface area contributed by atoms with Crippen molar-refractivity contribution in [3.8, 4) is 17.2 Å². The summed E-state index contributed by atoms with van der Waals surface area (Å²) in [6, 6.07) is 3.89. The summed E-state index contributed by atoms with van der Waals surface area (Å²) in [5.41, 5.74) is 7.13. The van der Waals surface area contributed by atoms with Crippen LogP contribution in [0.2, 0.25) is 0 Å². The van der Waals surface area contributed by atoms with Crippen molar-refractivity contribution in [1.82, 2.24) is 4.90 Å². The van der Waals surface area contributed by atoms with E-state index in [9.17, 15) is 0 Å². The molecule has 1 aromatic carbocycles. The molecule has 5 nitrogen and oxygen atoms in total. The molecular formula is C17H28N2O3. The summed E-state index contributed by atoms with van der Waals surface area (Å²) >= 11 is 0. The molecule has 1 saturated heterocycles. The maximum Gasteiger partial charge on any atom is 0.131 e. The second-order valence-electron chi connectivity index (χ2n) is 5.94. The topological polar surface area (TPSA) is 57.0 Å². The molecule has 0 aromatic heterocycles. The quantitative estimate of drug-likeness (QED) is 0.875. The first-order chi connectivity index (χ1) is 10.6. The third-order valence-corrected chi connectivity index (χ3v) is 4.44. The van der Waals surface area contributed by atoms with Crippen LogP contribution in [-0.2, 0) is 0 Å². The highest BCUT2D eigenvalue weighted by Crippen LogP contribution is 2.41. The zero-order chi connectivity index (χ0) is 16.1. The van der Waals surface area contributed by atoms with Gasteiger partial charge in [-0.05, 0) is 25.3 Å². The number of benzene rings is 1. The highest BCUT2D eigenvalue weighted by Gasteiger charge is 2.29. The summed E-state index contributed by atoms with van der Waals surface area (Å²) in [4.78, 5) is 2.45. The SMILES string of the molecule is COc1cc(OC)c([C@@H](CN)N2CCC[C@@H](C)C2)c(OC)c1. The van der Waals surface area contributed by atoms with Crippen molar-refractivity contribution >= 4 is 0 Å². The standard InChI is InChI=1S/C17H28N2O3/c1-12-6-5-7-19(11-12)14(10-18)17-15(21-3)8-13(20-2)9-16(17)22-4/h8-9,12,14H,5-7,10-11,18H2,1-4H3/t12-,14-/m1/s1. The van der Waals surface area contributed by atoms with Gasteiger partial charge in [-0.3, -0.25) is 4.90 Å². The van der Waals surface area contributed by atoms with Crippen LogP contribution >= 0.6 is 0 Å². The Labute approximate surface area is 133 Å². The van der Waals surface area contributed by atoms with Crippen LogP contribution in [-0.4, -0.2) is 45.9 Å². The lowest BCUT2D eigenvalue weighted by molar-refractivity contribution is 0.129. The van der Waals surface area contributed by atoms with Crippen LogP contribution in [0.4, 0.5) is 0 Å². The third kappa shape index (κ3) is 3.47. The average molecular weight is 308 g/mol. The van der Waals surface area contributed by atoms with Gasteiger partial charge < -0.3 is 19.9 Å². The summed E-state index contributed by atoms with van der Waals surface area (Å²) < 4.78 is 16.5. The van der Waals surface area contributed by atoms with E-state index in [1.807, 2.05) is 12.1 Å². The van der Waals surface area contributed by atoms with Gasteiger partial charge in [0.1, 0.15) is 17.2 Å². The molecule has 0 aliphatic carbocycles. The summed E-state index contributed by atoms with van der Waals surface area (Å²) in [5.74, 6) is 2.95. The van der Waals surface area contributed by atoms with Gasteiger partial charge in [0.15, 0.2) is 0 Å². The number of hydrogen-bond donors (Lipinski definition) is 1. The van der Waals surface area contributed by atoms with Gasteiger partial charge in [-0.15, -0.1) is 0 Å². The van der Waals surface area contributed by atoms with Gasteiger partial charge in [0.05, 0.1) is 32.9 Å². The number of ether oxygens (including phenoxy) is 3. The first-order valence-corrected chi connectivity index (χ1v) is 7.88. The Hall–Kier alpha value is -1.46. The van der Waals surface area contributed by atoms with Gasteiger partial charge in [-0.1, -0.05) is 6.92 Å². The molecule has 0 unspecified atom stereocenters. The molecule has 2 atom stereocenters. The molecular weight excluding hydrogens is 280 g/mol. The van der Waals surface area contributed by atoms with Crippen LogP contribution in [0.3, 0.4) is 0 Å². The summed E-state index contributed by atoms with van der Waals surface area (Å²) in [6.45, 7) is 4.94. The Balaban J connectivity index is 2.42. The Kier molecular flexibility index (Phi) is 5.91. The number of nitrogens with zero attached hydrogens (tertiary/aromatic N) is 1. The highest BCUT2D eigenvalue weighted by molar-refractivity contribution is 5.52. The molecule has 0 radical (unpaired) electrons. The molecule has 1 aromatic rings. The Morgan fingerprint density at radius 1 is 1.18 bits per heavy atom. The fourth-order valence-corrected chi connectivity index (χ4v) is 3.32. The van der Waals surface area contributed by atoms with Crippen LogP contribution in [0.5, 0.6) is 17.2 Å². The molecule has 1 aliphatic rings. The van der Waals surface area contributed by atoms with E-state index in [4.69, 9.17) is 19.9 Å².